The van der Waals surface area contributed by atoms with E-state index in [4.69, 9.17) is 5.11 Å². The topological polar surface area (TPSA) is 67.1 Å². The first-order valence-corrected chi connectivity index (χ1v) is 5.66. The van der Waals surface area contributed by atoms with Crippen molar-refractivity contribution in [3.63, 3.8) is 0 Å². The zero-order valence-corrected chi connectivity index (χ0v) is 9.70. The molecule has 0 unspecified atom stereocenters. The molecule has 0 bridgehead atoms. The van der Waals surface area contributed by atoms with Crippen molar-refractivity contribution in [1.29, 1.82) is 0 Å². The Labute approximate surface area is 95.6 Å². The second-order valence-corrected chi connectivity index (χ2v) is 4.33. The molecule has 1 aromatic rings. The second-order valence-electron chi connectivity index (χ2n) is 3.58. The Balaban J connectivity index is 2.24. The maximum atomic E-state index is 10.8. The van der Waals surface area contributed by atoms with Crippen LogP contribution >= 0.6 is 15.9 Å². The Hall–Kier alpha value is -0.880. The summed E-state index contributed by atoms with van der Waals surface area (Å²) in [6.07, 6.45) is 3.37. The predicted octanol–water partition coefficient (Wildman–Crippen LogP) is 1.27. The van der Waals surface area contributed by atoms with E-state index in [0.717, 1.165) is 25.9 Å². The van der Waals surface area contributed by atoms with Crippen LogP contribution in [0.3, 0.4) is 0 Å². The van der Waals surface area contributed by atoms with Crippen LogP contribution in [-0.4, -0.2) is 33.9 Å². The van der Waals surface area contributed by atoms with Gasteiger partial charge in [-0.2, -0.15) is 5.10 Å². The van der Waals surface area contributed by atoms with Gasteiger partial charge in [0, 0.05) is 0 Å². The summed E-state index contributed by atoms with van der Waals surface area (Å²) in [6.45, 7) is 1.92. The number of rotatable bonds is 2. The molecule has 82 valence electrons. The third-order valence-corrected chi connectivity index (χ3v) is 3.41. The molecule has 1 fully saturated rings. The largest absolute Gasteiger partial charge is 0.478 e. The van der Waals surface area contributed by atoms with Crippen LogP contribution < -0.4 is 5.32 Å². The molecule has 1 aliphatic rings. The summed E-state index contributed by atoms with van der Waals surface area (Å²) >= 11 is 3.29. The highest BCUT2D eigenvalue weighted by Gasteiger charge is 2.21. The van der Waals surface area contributed by atoms with Gasteiger partial charge in [0.1, 0.15) is 10.2 Å². The number of aromatic nitrogens is 2. The van der Waals surface area contributed by atoms with E-state index >= 15 is 0 Å². The van der Waals surface area contributed by atoms with Crippen LogP contribution in [-0.2, 0) is 0 Å². The highest BCUT2D eigenvalue weighted by molar-refractivity contribution is 9.10. The fourth-order valence-electron chi connectivity index (χ4n) is 1.80. The van der Waals surface area contributed by atoms with E-state index in [2.05, 4.69) is 26.3 Å². The van der Waals surface area contributed by atoms with Gasteiger partial charge in [-0.25, -0.2) is 4.79 Å². The van der Waals surface area contributed by atoms with Crippen molar-refractivity contribution in [3.8, 4) is 0 Å². The lowest BCUT2D eigenvalue weighted by Gasteiger charge is -2.23. The van der Waals surface area contributed by atoms with Gasteiger partial charge in [0.25, 0.3) is 0 Å². The van der Waals surface area contributed by atoms with Gasteiger partial charge in [0.05, 0.1) is 12.2 Å². The fraction of sp³-hybridized carbons (Fsp3) is 0.556. The van der Waals surface area contributed by atoms with Crippen LogP contribution in [0.15, 0.2) is 10.8 Å². The second kappa shape index (κ2) is 4.32. The standard InChI is InChI=1S/C9H12BrN3O2/c10-8-7(9(14)15)5-12-13(8)6-1-3-11-4-2-6/h5-6,11H,1-4H2,(H,14,15). The van der Waals surface area contributed by atoms with Crippen LogP contribution in [0.1, 0.15) is 29.2 Å². The Bertz CT molecular complexity index is 371. The van der Waals surface area contributed by atoms with Crippen LogP contribution in [0.25, 0.3) is 0 Å². The molecule has 2 N–H and O–H groups in total. The molecule has 0 atom stereocenters. The van der Waals surface area contributed by atoms with E-state index in [1.54, 1.807) is 4.68 Å². The first-order valence-electron chi connectivity index (χ1n) is 4.87. The SMILES string of the molecule is O=C(O)c1cnn(C2CCNCC2)c1Br. The summed E-state index contributed by atoms with van der Waals surface area (Å²) < 4.78 is 2.34. The first kappa shape index (κ1) is 10.6. The molecule has 0 spiro atoms. The summed E-state index contributed by atoms with van der Waals surface area (Å²) in [4.78, 5) is 10.8. The number of hydrogen-bond acceptors (Lipinski definition) is 3. The quantitative estimate of drug-likeness (QED) is 0.852. The molecular formula is C9H12BrN3O2. The smallest absolute Gasteiger partial charge is 0.340 e. The van der Waals surface area contributed by atoms with Crippen LogP contribution in [0.4, 0.5) is 0 Å². The molecule has 1 aromatic heterocycles. The number of hydrogen-bond donors (Lipinski definition) is 2. The molecule has 2 rings (SSSR count). The van der Waals surface area contributed by atoms with Gasteiger partial charge >= 0.3 is 5.97 Å². The van der Waals surface area contributed by atoms with Crippen molar-refractivity contribution >= 4 is 21.9 Å². The van der Waals surface area contributed by atoms with Crippen molar-refractivity contribution in [2.24, 2.45) is 0 Å². The van der Waals surface area contributed by atoms with E-state index in [1.165, 1.54) is 6.20 Å². The minimum absolute atomic E-state index is 0.230. The summed E-state index contributed by atoms with van der Waals surface area (Å²) in [7, 11) is 0. The maximum Gasteiger partial charge on any atom is 0.340 e. The highest BCUT2D eigenvalue weighted by Crippen LogP contribution is 2.25. The zero-order valence-electron chi connectivity index (χ0n) is 8.11. The number of halogens is 1. The molecule has 6 heteroatoms. The van der Waals surface area contributed by atoms with Gasteiger partial charge in [-0.3, -0.25) is 4.68 Å². The lowest BCUT2D eigenvalue weighted by atomic mass is 10.1. The number of carbonyl (C=O) groups is 1. The third-order valence-electron chi connectivity index (χ3n) is 2.62. The van der Waals surface area contributed by atoms with E-state index in [-0.39, 0.29) is 5.56 Å². The molecule has 5 nitrogen and oxygen atoms in total. The fourth-order valence-corrected chi connectivity index (χ4v) is 2.45. The molecule has 0 aliphatic carbocycles. The summed E-state index contributed by atoms with van der Waals surface area (Å²) in [5, 5.41) is 16.3. The Morgan fingerprint density at radius 2 is 2.27 bits per heavy atom. The minimum atomic E-state index is -0.943. The van der Waals surface area contributed by atoms with Gasteiger partial charge in [-0.05, 0) is 41.9 Å². The number of nitrogens with one attached hydrogen (secondary N) is 1. The number of aromatic carboxylic acids is 1. The molecule has 0 aromatic carbocycles. The van der Waals surface area contributed by atoms with Gasteiger partial charge in [0.2, 0.25) is 0 Å². The predicted molar refractivity (Wildman–Crippen MR) is 58.0 cm³/mol. The zero-order chi connectivity index (χ0) is 10.8. The Morgan fingerprint density at radius 1 is 1.60 bits per heavy atom. The molecule has 0 radical (unpaired) electrons. The number of carboxylic acid groups (broad SMARTS) is 1. The molecule has 0 amide bonds. The molecular weight excluding hydrogens is 262 g/mol. The van der Waals surface area contributed by atoms with Crippen LogP contribution in [0.2, 0.25) is 0 Å². The van der Waals surface area contributed by atoms with Crippen molar-refractivity contribution in [1.82, 2.24) is 15.1 Å². The first-order chi connectivity index (χ1) is 7.20. The monoisotopic (exact) mass is 273 g/mol. The average Bonchev–Trinajstić information content (AvgIpc) is 2.61. The molecule has 1 aliphatic heterocycles. The molecule has 15 heavy (non-hydrogen) atoms. The van der Waals surface area contributed by atoms with Crippen LogP contribution in [0, 0.1) is 0 Å². The highest BCUT2D eigenvalue weighted by atomic mass is 79.9. The van der Waals surface area contributed by atoms with Gasteiger partial charge in [0.15, 0.2) is 0 Å². The summed E-state index contributed by atoms with van der Waals surface area (Å²) in [5.74, 6) is -0.943. The minimum Gasteiger partial charge on any atom is -0.478 e. The Kier molecular flexibility index (Phi) is 3.06. The van der Waals surface area contributed by atoms with Crippen molar-refractivity contribution in [3.05, 3.63) is 16.4 Å². The van der Waals surface area contributed by atoms with E-state index in [9.17, 15) is 4.79 Å². The maximum absolute atomic E-state index is 10.8. The lowest BCUT2D eigenvalue weighted by Crippen LogP contribution is -2.30. The number of carboxylic acids is 1. The molecule has 2 heterocycles. The average molecular weight is 274 g/mol. The normalized spacial score (nSPS) is 17.9. The van der Waals surface area contributed by atoms with Crippen molar-refractivity contribution in [2.75, 3.05) is 13.1 Å². The van der Waals surface area contributed by atoms with E-state index < -0.39 is 5.97 Å². The van der Waals surface area contributed by atoms with Crippen LogP contribution in [0.5, 0.6) is 0 Å². The summed E-state index contributed by atoms with van der Waals surface area (Å²) in [6, 6.07) is 0.300. The van der Waals surface area contributed by atoms with Gasteiger partial charge in [-0.1, -0.05) is 0 Å². The number of piperidine rings is 1. The lowest BCUT2D eigenvalue weighted by molar-refractivity contribution is 0.0695. The van der Waals surface area contributed by atoms with Crippen molar-refractivity contribution in [2.45, 2.75) is 18.9 Å². The van der Waals surface area contributed by atoms with E-state index in [0.29, 0.717) is 10.6 Å². The molecule has 1 saturated heterocycles. The van der Waals surface area contributed by atoms with Gasteiger partial charge < -0.3 is 10.4 Å². The molecule has 0 saturated carbocycles. The van der Waals surface area contributed by atoms with E-state index in [1.807, 2.05) is 0 Å². The van der Waals surface area contributed by atoms with Gasteiger partial charge in [-0.15, -0.1) is 0 Å². The van der Waals surface area contributed by atoms with Crippen molar-refractivity contribution < 1.29 is 9.90 Å². The number of nitrogens with zero attached hydrogens (tertiary/aromatic N) is 2. The Morgan fingerprint density at radius 3 is 2.80 bits per heavy atom. The summed E-state index contributed by atoms with van der Waals surface area (Å²) in [5.41, 5.74) is 0.230. The third kappa shape index (κ3) is 2.05.